The Morgan fingerprint density at radius 3 is 2.23 bits per heavy atom. The second-order valence-electron chi connectivity index (χ2n) is 5.77. The van der Waals surface area contributed by atoms with Gasteiger partial charge in [-0.3, -0.25) is 4.79 Å². The zero-order valence-corrected chi connectivity index (χ0v) is 15.6. The largest absolute Gasteiger partial charge is 0.479 e. The fraction of sp³-hybridized carbons (Fsp3) is 0.0952. The molecule has 0 aliphatic carbocycles. The minimum atomic E-state index is -0.706. The molecule has 0 bridgehead atoms. The van der Waals surface area contributed by atoms with Crippen LogP contribution in [0, 0.1) is 0 Å². The molecule has 3 nitrogen and oxygen atoms in total. The van der Waals surface area contributed by atoms with Crippen molar-refractivity contribution in [1.82, 2.24) is 0 Å². The highest BCUT2D eigenvalue weighted by atomic mass is 35.5. The number of rotatable bonds is 5. The van der Waals surface area contributed by atoms with E-state index in [1.807, 2.05) is 54.6 Å². The Bertz CT molecular complexity index is 896. The number of halogens is 2. The van der Waals surface area contributed by atoms with E-state index >= 15 is 0 Å². The quantitative estimate of drug-likeness (QED) is 0.578. The standard InChI is InChI=1S/C21H17Cl2NO2/c1-14(26-20-12-9-17(22)13-19(20)23)21(25)24-18-10-7-16(8-11-18)15-5-3-2-4-6-15/h2-14H,1H3,(H,24,25)/t14-/m0/s1. The van der Waals surface area contributed by atoms with Gasteiger partial charge in [-0.05, 0) is 48.4 Å². The van der Waals surface area contributed by atoms with E-state index in [1.54, 1.807) is 25.1 Å². The van der Waals surface area contributed by atoms with Gasteiger partial charge in [0.2, 0.25) is 0 Å². The molecular formula is C21H17Cl2NO2. The average molecular weight is 386 g/mol. The van der Waals surface area contributed by atoms with Crippen molar-refractivity contribution in [1.29, 1.82) is 0 Å². The highest BCUT2D eigenvalue weighted by Gasteiger charge is 2.16. The van der Waals surface area contributed by atoms with Crippen LogP contribution in [-0.2, 0) is 4.79 Å². The molecule has 0 spiro atoms. The molecule has 3 aromatic carbocycles. The zero-order chi connectivity index (χ0) is 18.5. The summed E-state index contributed by atoms with van der Waals surface area (Å²) in [7, 11) is 0. The van der Waals surface area contributed by atoms with Gasteiger partial charge in [0.25, 0.3) is 5.91 Å². The van der Waals surface area contributed by atoms with Crippen LogP contribution in [-0.4, -0.2) is 12.0 Å². The number of hydrogen-bond donors (Lipinski definition) is 1. The molecule has 0 heterocycles. The molecule has 0 saturated heterocycles. The van der Waals surface area contributed by atoms with E-state index < -0.39 is 6.10 Å². The van der Waals surface area contributed by atoms with Crippen LogP contribution in [0.4, 0.5) is 5.69 Å². The third-order valence-electron chi connectivity index (χ3n) is 3.83. The molecule has 0 fully saturated rings. The van der Waals surface area contributed by atoms with Gasteiger partial charge in [0.15, 0.2) is 6.10 Å². The van der Waals surface area contributed by atoms with Crippen molar-refractivity contribution in [3.05, 3.63) is 82.8 Å². The number of carbonyl (C=O) groups is 1. The fourth-order valence-corrected chi connectivity index (χ4v) is 2.89. The SMILES string of the molecule is C[C@H](Oc1ccc(Cl)cc1Cl)C(=O)Nc1ccc(-c2ccccc2)cc1. The number of nitrogens with one attached hydrogen (secondary N) is 1. The van der Waals surface area contributed by atoms with Crippen LogP contribution in [0.3, 0.4) is 0 Å². The summed E-state index contributed by atoms with van der Waals surface area (Å²) in [6, 6.07) is 22.6. The van der Waals surface area contributed by atoms with E-state index in [0.717, 1.165) is 11.1 Å². The average Bonchev–Trinajstić information content (AvgIpc) is 2.65. The molecule has 0 saturated carbocycles. The third kappa shape index (κ3) is 4.57. The van der Waals surface area contributed by atoms with Crippen molar-refractivity contribution >= 4 is 34.8 Å². The van der Waals surface area contributed by atoms with Crippen molar-refractivity contribution in [2.45, 2.75) is 13.0 Å². The molecule has 1 atom stereocenters. The summed E-state index contributed by atoms with van der Waals surface area (Å²) in [5, 5.41) is 3.72. The predicted octanol–water partition coefficient (Wildman–Crippen LogP) is 6.07. The summed E-state index contributed by atoms with van der Waals surface area (Å²) in [6.45, 7) is 1.67. The summed E-state index contributed by atoms with van der Waals surface area (Å²) in [4.78, 5) is 12.3. The Balaban J connectivity index is 1.63. The summed E-state index contributed by atoms with van der Waals surface area (Å²) >= 11 is 11.9. The van der Waals surface area contributed by atoms with E-state index in [1.165, 1.54) is 0 Å². The molecule has 0 unspecified atom stereocenters. The van der Waals surface area contributed by atoms with Crippen LogP contribution >= 0.6 is 23.2 Å². The van der Waals surface area contributed by atoms with Gasteiger partial charge in [0.05, 0.1) is 5.02 Å². The predicted molar refractivity (Wildman–Crippen MR) is 107 cm³/mol. The maximum atomic E-state index is 12.3. The lowest BCUT2D eigenvalue weighted by molar-refractivity contribution is -0.122. The Kier molecular flexibility index (Phi) is 5.82. The van der Waals surface area contributed by atoms with Crippen molar-refractivity contribution in [2.24, 2.45) is 0 Å². The second kappa shape index (κ2) is 8.26. The van der Waals surface area contributed by atoms with Gasteiger partial charge in [-0.25, -0.2) is 0 Å². The van der Waals surface area contributed by atoms with Crippen LogP contribution in [0.15, 0.2) is 72.8 Å². The number of anilines is 1. The zero-order valence-electron chi connectivity index (χ0n) is 14.1. The smallest absolute Gasteiger partial charge is 0.265 e. The summed E-state index contributed by atoms with van der Waals surface area (Å²) < 4.78 is 5.62. The maximum absolute atomic E-state index is 12.3. The number of carbonyl (C=O) groups excluding carboxylic acids is 1. The Hall–Kier alpha value is -2.49. The topological polar surface area (TPSA) is 38.3 Å². The lowest BCUT2D eigenvalue weighted by Crippen LogP contribution is -2.30. The highest BCUT2D eigenvalue weighted by molar-refractivity contribution is 6.35. The van der Waals surface area contributed by atoms with Gasteiger partial charge in [0.1, 0.15) is 5.75 Å². The molecule has 1 amide bonds. The van der Waals surface area contributed by atoms with Gasteiger partial charge >= 0.3 is 0 Å². The summed E-state index contributed by atoms with van der Waals surface area (Å²) in [6.07, 6.45) is -0.706. The normalized spacial score (nSPS) is 11.7. The third-order valence-corrected chi connectivity index (χ3v) is 4.36. The fourth-order valence-electron chi connectivity index (χ4n) is 2.44. The second-order valence-corrected chi connectivity index (χ2v) is 6.61. The molecule has 132 valence electrons. The van der Waals surface area contributed by atoms with Gasteiger partial charge < -0.3 is 10.1 Å². The number of hydrogen-bond acceptors (Lipinski definition) is 2. The van der Waals surface area contributed by atoms with Crippen LogP contribution in [0.25, 0.3) is 11.1 Å². The van der Waals surface area contributed by atoms with Crippen molar-refractivity contribution in [3.8, 4) is 16.9 Å². The van der Waals surface area contributed by atoms with Gasteiger partial charge in [-0.2, -0.15) is 0 Å². The molecule has 26 heavy (non-hydrogen) atoms. The van der Waals surface area contributed by atoms with Gasteiger partial charge in [0, 0.05) is 10.7 Å². The molecule has 0 aromatic heterocycles. The highest BCUT2D eigenvalue weighted by Crippen LogP contribution is 2.28. The first-order valence-electron chi connectivity index (χ1n) is 8.11. The molecule has 0 aliphatic heterocycles. The molecule has 3 aromatic rings. The van der Waals surface area contributed by atoms with E-state index in [0.29, 0.717) is 21.5 Å². The van der Waals surface area contributed by atoms with Crippen molar-refractivity contribution < 1.29 is 9.53 Å². The lowest BCUT2D eigenvalue weighted by Gasteiger charge is -2.16. The molecular weight excluding hydrogens is 369 g/mol. The first-order valence-corrected chi connectivity index (χ1v) is 8.86. The van der Waals surface area contributed by atoms with Gasteiger partial charge in [-0.15, -0.1) is 0 Å². The molecule has 3 rings (SSSR count). The summed E-state index contributed by atoms with van der Waals surface area (Å²) in [5.41, 5.74) is 2.91. The first kappa shape index (κ1) is 18.3. The minimum absolute atomic E-state index is 0.261. The van der Waals surface area contributed by atoms with E-state index in [9.17, 15) is 4.79 Å². The first-order chi connectivity index (χ1) is 12.5. The Labute approximate surface area is 162 Å². The molecule has 0 radical (unpaired) electrons. The Morgan fingerprint density at radius 1 is 0.923 bits per heavy atom. The molecule has 5 heteroatoms. The van der Waals surface area contributed by atoms with E-state index in [2.05, 4.69) is 5.32 Å². The van der Waals surface area contributed by atoms with Crippen LogP contribution < -0.4 is 10.1 Å². The Morgan fingerprint density at radius 2 is 1.58 bits per heavy atom. The van der Waals surface area contributed by atoms with E-state index in [4.69, 9.17) is 27.9 Å². The number of amides is 1. The van der Waals surface area contributed by atoms with Crippen molar-refractivity contribution in [2.75, 3.05) is 5.32 Å². The molecule has 1 N–H and O–H groups in total. The van der Waals surface area contributed by atoms with Crippen LogP contribution in [0.2, 0.25) is 10.0 Å². The minimum Gasteiger partial charge on any atom is -0.479 e. The van der Waals surface area contributed by atoms with Crippen LogP contribution in [0.5, 0.6) is 5.75 Å². The number of ether oxygens (including phenoxy) is 1. The lowest BCUT2D eigenvalue weighted by atomic mass is 10.1. The summed E-state index contributed by atoms with van der Waals surface area (Å²) in [5.74, 6) is 0.154. The monoisotopic (exact) mass is 385 g/mol. The van der Waals surface area contributed by atoms with E-state index in [-0.39, 0.29) is 5.91 Å². The number of benzene rings is 3. The maximum Gasteiger partial charge on any atom is 0.265 e. The molecule has 0 aliphatic rings. The van der Waals surface area contributed by atoms with Crippen molar-refractivity contribution in [3.63, 3.8) is 0 Å². The van der Waals surface area contributed by atoms with Gasteiger partial charge in [-0.1, -0.05) is 65.7 Å². The van der Waals surface area contributed by atoms with Crippen LogP contribution in [0.1, 0.15) is 6.92 Å².